The summed E-state index contributed by atoms with van der Waals surface area (Å²) in [6.07, 6.45) is 18.3. The van der Waals surface area contributed by atoms with Crippen molar-refractivity contribution in [3.05, 3.63) is 144 Å². The first kappa shape index (κ1) is 39.5. The summed E-state index contributed by atoms with van der Waals surface area (Å²) >= 11 is 0. The predicted molar refractivity (Wildman–Crippen MR) is 252 cm³/mol. The summed E-state index contributed by atoms with van der Waals surface area (Å²) in [6, 6.07) is 45.5. The maximum atomic E-state index is 3.93. The zero-order valence-electron chi connectivity index (χ0n) is 35.4. The third-order valence-electron chi connectivity index (χ3n) is 12.7. The van der Waals surface area contributed by atoms with Gasteiger partial charge in [0.2, 0.25) is 0 Å². The van der Waals surface area contributed by atoms with Crippen LogP contribution in [0.5, 0.6) is 0 Å². The number of hydrogen-bond donors (Lipinski definition) is 3. The van der Waals surface area contributed by atoms with Crippen LogP contribution in [0.15, 0.2) is 121 Å². The number of aromatic amines is 1. The number of rotatable bonds is 19. The fourth-order valence-corrected chi connectivity index (χ4v) is 9.50. The zero-order valence-corrected chi connectivity index (χ0v) is 35.4. The zero-order chi connectivity index (χ0) is 39.9. The SMILES string of the molecule is CCCCCCCCc1ccc(Nc2ccc3c(c2)[nH]c2c(-c4cccc5c4C(C)(C)c4ccccc4-5)cc(Nc4ccc(CCCCCCCC)cc4)cc23)cc1. The minimum absolute atomic E-state index is 0.128. The molecule has 0 bridgehead atoms. The van der Waals surface area contributed by atoms with Gasteiger partial charge in [0.05, 0.1) is 5.52 Å². The smallest absolute Gasteiger partial charge is 0.0546 e. The maximum absolute atomic E-state index is 3.93. The Kier molecular flexibility index (Phi) is 12.3. The molecule has 1 aliphatic rings. The first-order valence-corrected chi connectivity index (χ1v) is 22.5. The average molecular weight is 766 g/mol. The fourth-order valence-electron chi connectivity index (χ4n) is 9.50. The van der Waals surface area contributed by atoms with E-state index in [1.165, 1.54) is 138 Å². The molecule has 298 valence electrons. The van der Waals surface area contributed by atoms with Gasteiger partial charge >= 0.3 is 0 Å². The third-order valence-corrected chi connectivity index (χ3v) is 12.7. The molecule has 3 heteroatoms. The third kappa shape index (κ3) is 8.60. The molecule has 0 saturated heterocycles. The van der Waals surface area contributed by atoms with Crippen molar-refractivity contribution >= 4 is 44.6 Å². The Balaban J connectivity index is 1.10. The summed E-state index contributed by atoms with van der Waals surface area (Å²) in [6.45, 7) is 9.34. The van der Waals surface area contributed by atoms with E-state index in [2.05, 4.69) is 165 Å². The molecule has 1 heterocycles. The van der Waals surface area contributed by atoms with Crippen molar-refractivity contribution in [3.8, 4) is 22.3 Å². The minimum Gasteiger partial charge on any atom is -0.355 e. The lowest BCUT2D eigenvalue weighted by Crippen LogP contribution is -2.16. The Bertz CT molecular complexity index is 2450. The van der Waals surface area contributed by atoms with Crippen molar-refractivity contribution < 1.29 is 0 Å². The average Bonchev–Trinajstić information content (AvgIpc) is 3.72. The molecule has 0 amide bonds. The lowest BCUT2D eigenvalue weighted by atomic mass is 9.78. The van der Waals surface area contributed by atoms with Crippen LogP contribution >= 0.6 is 0 Å². The summed E-state index contributed by atoms with van der Waals surface area (Å²) in [5.41, 5.74) is 17.4. The van der Waals surface area contributed by atoms with Crippen molar-refractivity contribution in [1.82, 2.24) is 4.98 Å². The summed E-state index contributed by atoms with van der Waals surface area (Å²) in [7, 11) is 0. The molecule has 1 aliphatic carbocycles. The molecule has 58 heavy (non-hydrogen) atoms. The Morgan fingerprint density at radius 3 is 1.62 bits per heavy atom. The molecule has 7 aromatic rings. The highest BCUT2D eigenvalue weighted by Gasteiger charge is 2.37. The van der Waals surface area contributed by atoms with Crippen LogP contribution in [0.4, 0.5) is 22.7 Å². The Morgan fingerprint density at radius 2 is 0.983 bits per heavy atom. The van der Waals surface area contributed by atoms with Crippen molar-refractivity contribution in [2.75, 3.05) is 10.6 Å². The van der Waals surface area contributed by atoms with Gasteiger partial charge in [-0.3, -0.25) is 0 Å². The first-order chi connectivity index (χ1) is 28.4. The Hall–Kier alpha value is -5.28. The number of H-pyrrole nitrogens is 1. The molecule has 6 aromatic carbocycles. The molecule has 0 unspecified atom stereocenters. The molecule has 3 N–H and O–H groups in total. The molecule has 0 radical (unpaired) electrons. The Labute approximate surface area is 347 Å². The van der Waals surface area contributed by atoms with Gasteiger partial charge in [-0.1, -0.05) is 165 Å². The molecular weight excluding hydrogens is 703 g/mol. The highest BCUT2D eigenvalue weighted by Crippen LogP contribution is 2.53. The largest absolute Gasteiger partial charge is 0.355 e. The van der Waals surface area contributed by atoms with E-state index < -0.39 is 0 Å². The van der Waals surface area contributed by atoms with E-state index in [4.69, 9.17) is 0 Å². The van der Waals surface area contributed by atoms with Gasteiger partial charge in [0.15, 0.2) is 0 Å². The lowest BCUT2D eigenvalue weighted by molar-refractivity contribution is 0.607. The number of unbranched alkanes of at least 4 members (excludes halogenated alkanes) is 10. The van der Waals surface area contributed by atoms with Crippen LogP contribution < -0.4 is 10.6 Å². The van der Waals surface area contributed by atoms with Gasteiger partial charge in [0.25, 0.3) is 0 Å². The number of aryl methyl sites for hydroxylation is 2. The molecule has 0 spiro atoms. The van der Waals surface area contributed by atoms with Crippen LogP contribution in [0.25, 0.3) is 44.1 Å². The predicted octanol–water partition coefficient (Wildman–Crippen LogP) is 16.6. The molecule has 1 aromatic heterocycles. The lowest BCUT2D eigenvalue weighted by Gasteiger charge is -2.25. The summed E-state index contributed by atoms with van der Waals surface area (Å²) < 4.78 is 0. The van der Waals surface area contributed by atoms with Gasteiger partial charge in [-0.15, -0.1) is 0 Å². The molecular formula is C55H63N3. The number of benzene rings is 6. The van der Waals surface area contributed by atoms with E-state index >= 15 is 0 Å². The van der Waals surface area contributed by atoms with Crippen LogP contribution in [0.2, 0.25) is 0 Å². The number of fused-ring (bicyclic) bond motifs is 6. The van der Waals surface area contributed by atoms with Gasteiger partial charge < -0.3 is 15.6 Å². The molecule has 0 fully saturated rings. The van der Waals surface area contributed by atoms with E-state index in [-0.39, 0.29) is 5.41 Å². The van der Waals surface area contributed by atoms with Crippen LogP contribution in [0, 0.1) is 0 Å². The topological polar surface area (TPSA) is 39.9 Å². The normalized spacial score (nSPS) is 12.9. The fraction of sp³-hybridized carbons (Fsp3) is 0.345. The standard InChI is InChI=1S/C55H63N3/c1-5-7-9-11-13-15-20-39-26-30-41(31-27-39)56-43-34-35-46-49-36-44(57-42-32-28-40(29-33-42)21-16-14-12-10-8-6-2)37-50(54(49)58-52(46)38-43)48-24-19-23-47-45-22-17-18-25-51(45)55(3,4)53(47)48/h17-19,22-38,56-58H,5-16,20-21H2,1-4H3. The summed E-state index contributed by atoms with van der Waals surface area (Å²) in [4.78, 5) is 3.93. The Morgan fingerprint density at radius 1 is 0.448 bits per heavy atom. The second-order valence-corrected chi connectivity index (χ2v) is 17.4. The van der Waals surface area contributed by atoms with E-state index in [1.54, 1.807) is 0 Å². The highest BCUT2D eigenvalue weighted by molar-refractivity contribution is 6.14. The van der Waals surface area contributed by atoms with Gasteiger partial charge in [0.1, 0.15) is 0 Å². The monoisotopic (exact) mass is 766 g/mol. The van der Waals surface area contributed by atoms with Crippen molar-refractivity contribution in [2.24, 2.45) is 0 Å². The molecule has 0 aliphatic heterocycles. The van der Waals surface area contributed by atoms with Gasteiger partial charge in [-0.05, 0) is 113 Å². The van der Waals surface area contributed by atoms with Crippen molar-refractivity contribution in [1.29, 1.82) is 0 Å². The molecule has 3 nitrogen and oxygen atoms in total. The summed E-state index contributed by atoms with van der Waals surface area (Å²) in [5, 5.41) is 9.98. The van der Waals surface area contributed by atoms with Crippen molar-refractivity contribution in [2.45, 2.75) is 123 Å². The van der Waals surface area contributed by atoms with Gasteiger partial charge in [0, 0.05) is 50.0 Å². The van der Waals surface area contributed by atoms with Crippen LogP contribution in [0.3, 0.4) is 0 Å². The van der Waals surface area contributed by atoms with E-state index in [1.807, 2.05) is 0 Å². The second-order valence-electron chi connectivity index (χ2n) is 17.4. The second kappa shape index (κ2) is 18.1. The molecule has 8 rings (SSSR count). The maximum Gasteiger partial charge on any atom is 0.0546 e. The highest BCUT2D eigenvalue weighted by atomic mass is 14.9. The van der Waals surface area contributed by atoms with Crippen molar-refractivity contribution in [3.63, 3.8) is 0 Å². The van der Waals surface area contributed by atoms with E-state index in [0.29, 0.717) is 0 Å². The minimum atomic E-state index is -0.128. The number of nitrogens with one attached hydrogen (secondary N) is 3. The van der Waals surface area contributed by atoms with Gasteiger partial charge in [-0.2, -0.15) is 0 Å². The van der Waals surface area contributed by atoms with E-state index in [9.17, 15) is 0 Å². The molecule has 0 atom stereocenters. The number of anilines is 4. The molecule has 0 saturated carbocycles. The van der Waals surface area contributed by atoms with Crippen LogP contribution in [-0.4, -0.2) is 4.98 Å². The van der Waals surface area contributed by atoms with Crippen LogP contribution in [-0.2, 0) is 18.3 Å². The summed E-state index contributed by atoms with van der Waals surface area (Å²) in [5.74, 6) is 0. The quantitative estimate of drug-likeness (QED) is 0.0718. The first-order valence-electron chi connectivity index (χ1n) is 22.5. The van der Waals surface area contributed by atoms with Crippen LogP contribution in [0.1, 0.15) is 127 Å². The number of aromatic nitrogens is 1. The van der Waals surface area contributed by atoms with E-state index in [0.717, 1.165) is 41.1 Å². The number of hydrogen-bond acceptors (Lipinski definition) is 2. The van der Waals surface area contributed by atoms with Gasteiger partial charge in [-0.25, -0.2) is 0 Å².